The van der Waals surface area contributed by atoms with Crippen LogP contribution in [0.4, 0.5) is 13.2 Å². The summed E-state index contributed by atoms with van der Waals surface area (Å²) in [6.45, 7) is -1.30. The summed E-state index contributed by atoms with van der Waals surface area (Å²) in [4.78, 5) is 11.5. The molecule has 1 unspecified atom stereocenters. The number of rotatable bonds is 4. The van der Waals surface area contributed by atoms with Crippen LogP contribution >= 0.6 is 27.5 Å². The van der Waals surface area contributed by atoms with E-state index in [9.17, 15) is 18.0 Å². The smallest absolute Gasteiger partial charge is 0.401 e. The lowest BCUT2D eigenvalue weighted by Crippen LogP contribution is -2.36. The first-order chi connectivity index (χ1) is 8.74. The number of esters is 1. The average molecular weight is 361 g/mol. The van der Waals surface area contributed by atoms with E-state index in [4.69, 9.17) is 11.6 Å². The second kappa shape index (κ2) is 6.58. The summed E-state index contributed by atoms with van der Waals surface area (Å²) < 4.78 is 41.6. The van der Waals surface area contributed by atoms with Gasteiger partial charge in [-0.2, -0.15) is 13.2 Å². The highest BCUT2D eigenvalue weighted by Crippen LogP contribution is 2.27. The van der Waals surface area contributed by atoms with Crippen LogP contribution in [0, 0.1) is 0 Å². The first-order valence-corrected chi connectivity index (χ1v) is 6.24. The van der Waals surface area contributed by atoms with Crippen molar-refractivity contribution in [2.75, 3.05) is 13.7 Å². The molecule has 1 atom stereocenters. The summed E-state index contributed by atoms with van der Waals surface area (Å²) in [7, 11) is 1.11. The predicted octanol–water partition coefficient (Wildman–Crippen LogP) is 3.47. The molecule has 0 aromatic heterocycles. The van der Waals surface area contributed by atoms with Crippen molar-refractivity contribution >= 4 is 33.5 Å². The van der Waals surface area contributed by atoms with E-state index in [1.165, 1.54) is 18.2 Å². The molecule has 3 nitrogen and oxygen atoms in total. The zero-order valence-corrected chi connectivity index (χ0v) is 12.1. The Hall–Kier alpha value is -0.790. The van der Waals surface area contributed by atoms with Gasteiger partial charge in [-0.3, -0.25) is 5.32 Å². The summed E-state index contributed by atoms with van der Waals surface area (Å²) in [5, 5.41) is 2.50. The first kappa shape index (κ1) is 16.3. The second-order valence-corrected chi connectivity index (χ2v) is 4.89. The molecule has 1 aromatic carbocycles. The number of benzene rings is 1. The van der Waals surface area contributed by atoms with Crippen LogP contribution < -0.4 is 5.32 Å². The molecular formula is C11H10BrClF3NO2. The number of alkyl halides is 3. The minimum atomic E-state index is -4.42. The number of halogens is 5. The quantitative estimate of drug-likeness (QED) is 0.836. The molecule has 1 rings (SSSR count). The Morgan fingerprint density at radius 1 is 1.53 bits per heavy atom. The highest BCUT2D eigenvalue weighted by atomic mass is 79.9. The lowest BCUT2D eigenvalue weighted by molar-refractivity contribution is -0.146. The van der Waals surface area contributed by atoms with E-state index in [2.05, 4.69) is 26.0 Å². The third-order valence-electron chi connectivity index (χ3n) is 2.22. The molecule has 0 saturated heterocycles. The van der Waals surface area contributed by atoms with Crippen molar-refractivity contribution in [1.29, 1.82) is 0 Å². The van der Waals surface area contributed by atoms with Gasteiger partial charge in [0.25, 0.3) is 0 Å². The van der Waals surface area contributed by atoms with Crippen LogP contribution in [0.15, 0.2) is 22.7 Å². The lowest BCUT2D eigenvalue weighted by Gasteiger charge is -2.18. The van der Waals surface area contributed by atoms with Gasteiger partial charge in [-0.25, -0.2) is 4.79 Å². The minimum absolute atomic E-state index is 0.326. The van der Waals surface area contributed by atoms with Gasteiger partial charge in [0.05, 0.1) is 18.7 Å². The maximum absolute atomic E-state index is 12.2. The molecule has 0 fully saturated rings. The van der Waals surface area contributed by atoms with Crippen molar-refractivity contribution in [2.45, 2.75) is 12.2 Å². The summed E-state index contributed by atoms with van der Waals surface area (Å²) in [6.07, 6.45) is -4.42. The molecule has 0 saturated carbocycles. The van der Waals surface area contributed by atoms with E-state index in [-0.39, 0.29) is 0 Å². The molecule has 0 spiro atoms. The van der Waals surface area contributed by atoms with Gasteiger partial charge in [0, 0.05) is 4.47 Å². The van der Waals surface area contributed by atoms with E-state index in [0.717, 1.165) is 7.11 Å². The highest BCUT2D eigenvalue weighted by molar-refractivity contribution is 9.10. The second-order valence-electron chi connectivity index (χ2n) is 3.63. The molecule has 0 aliphatic carbocycles. The number of hydrogen-bond acceptors (Lipinski definition) is 3. The Balaban J connectivity index is 2.96. The molecule has 0 aliphatic heterocycles. The molecule has 0 amide bonds. The molecule has 8 heteroatoms. The zero-order chi connectivity index (χ0) is 14.6. The highest BCUT2D eigenvalue weighted by Gasteiger charge is 2.31. The van der Waals surface area contributed by atoms with Gasteiger partial charge in [0.1, 0.15) is 6.04 Å². The van der Waals surface area contributed by atoms with Crippen LogP contribution in [0.3, 0.4) is 0 Å². The Morgan fingerprint density at radius 3 is 2.63 bits per heavy atom. The fourth-order valence-electron chi connectivity index (χ4n) is 1.36. The molecular weight excluding hydrogens is 350 g/mol. The summed E-state index contributed by atoms with van der Waals surface area (Å²) in [5.41, 5.74) is 0.326. The molecule has 1 N–H and O–H groups in total. The third kappa shape index (κ3) is 5.00. The summed E-state index contributed by atoms with van der Waals surface area (Å²) in [6, 6.07) is 3.19. The van der Waals surface area contributed by atoms with Gasteiger partial charge in [-0.15, -0.1) is 0 Å². The predicted molar refractivity (Wildman–Crippen MR) is 68.0 cm³/mol. The number of nitrogens with one attached hydrogen (secondary N) is 1. The Bertz CT molecular complexity index is 468. The van der Waals surface area contributed by atoms with E-state index < -0.39 is 24.7 Å². The molecule has 19 heavy (non-hydrogen) atoms. The Labute approximate surface area is 121 Å². The maximum atomic E-state index is 12.2. The van der Waals surface area contributed by atoms with Gasteiger partial charge >= 0.3 is 12.1 Å². The van der Waals surface area contributed by atoms with Crippen LogP contribution in [0.25, 0.3) is 0 Å². The fourth-order valence-corrected chi connectivity index (χ4v) is 1.88. The van der Waals surface area contributed by atoms with Crippen molar-refractivity contribution in [2.24, 2.45) is 0 Å². The normalized spacial score (nSPS) is 13.2. The standard InChI is InChI=1S/C11H10BrClF3NO2/c1-19-10(18)9(17-5-11(14,15)16)6-2-3-8(13)7(12)4-6/h2-4,9,17H,5H2,1H3. The number of ether oxygens (including phenoxy) is 1. The van der Waals surface area contributed by atoms with Gasteiger partial charge in [0.15, 0.2) is 0 Å². The van der Waals surface area contributed by atoms with Gasteiger partial charge < -0.3 is 4.74 Å². The fraction of sp³-hybridized carbons (Fsp3) is 0.364. The van der Waals surface area contributed by atoms with E-state index >= 15 is 0 Å². The first-order valence-electron chi connectivity index (χ1n) is 5.07. The van der Waals surface area contributed by atoms with Crippen LogP contribution in [0.1, 0.15) is 11.6 Å². The summed E-state index contributed by atoms with van der Waals surface area (Å²) in [5.74, 6) is -0.807. The average Bonchev–Trinajstić information content (AvgIpc) is 2.32. The SMILES string of the molecule is COC(=O)C(NCC(F)(F)F)c1ccc(Cl)c(Br)c1. The van der Waals surface area contributed by atoms with Gasteiger partial charge in [0.2, 0.25) is 0 Å². The molecule has 1 aromatic rings. The number of methoxy groups -OCH3 is 1. The molecule has 0 radical (unpaired) electrons. The van der Waals surface area contributed by atoms with Gasteiger partial charge in [-0.1, -0.05) is 17.7 Å². The molecule has 0 heterocycles. The topological polar surface area (TPSA) is 38.3 Å². The molecule has 0 aliphatic rings. The summed E-state index contributed by atoms with van der Waals surface area (Å²) >= 11 is 8.93. The monoisotopic (exact) mass is 359 g/mol. The maximum Gasteiger partial charge on any atom is 0.401 e. The van der Waals surface area contributed by atoms with Crippen molar-refractivity contribution in [3.05, 3.63) is 33.3 Å². The zero-order valence-electron chi connectivity index (χ0n) is 9.72. The third-order valence-corrected chi connectivity index (χ3v) is 3.43. The van der Waals surface area contributed by atoms with Crippen molar-refractivity contribution in [3.63, 3.8) is 0 Å². The number of carbonyl (C=O) groups excluding carboxylic acids is 1. The van der Waals surface area contributed by atoms with Gasteiger partial charge in [-0.05, 0) is 33.6 Å². The largest absolute Gasteiger partial charge is 0.468 e. The van der Waals surface area contributed by atoms with E-state index in [1.54, 1.807) is 0 Å². The number of carbonyl (C=O) groups is 1. The molecule has 106 valence electrons. The van der Waals surface area contributed by atoms with E-state index in [1.807, 2.05) is 0 Å². The van der Waals surface area contributed by atoms with Crippen LogP contribution in [0.2, 0.25) is 5.02 Å². The van der Waals surface area contributed by atoms with Crippen LogP contribution in [-0.2, 0) is 9.53 Å². The van der Waals surface area contributed by atoms with E-state index in [0.29, 0.717) is 15.1 Å². The van der Waals surface area contributed by atoms with Crippen LogP contribution in [0.5, 0.6) is 0 Å². The number of hydrogen-bond donors (Lipinski definition) is 1. The lowest BCUT2D eigenvalue weighted by atomic mass is 10.1. The minimum Gasteiger partial charge on any atom is -0.468 e. The Morgan fingerprint density at radius 2 is 2.16 bits per heavy atom. The molecule has 0 bridgehead atoms. The van der Waals surface area contributed by atoms with Crippen molar-refractivity contribution in [1.82, 2.24) is 5.32 Å². The van der Waals surface area contributed by atoms with Crippen molar-refractivity contribution in [3.8, 4) is 0 Å². The van der Waals surface area contributed by atoms with Crippen LogP contribution in [-0.4, -0.2) is 25.8 Å². The Kier molecular flexibility index (Phi) is 5.64. The van der Waals surface area contributed by atoms with Crippen molar-refractivity contribution < 1.29 is 22.7 Å².